The molecule has 0 spiro atoms. The summed E-state index contributed by atoms with van der Waals surface area (Å²) >= 11 is 0. The number of unbranched alkanes of at least 4 members (excludes halogenated alkanes) is 1. The molecule has 0 aliphatic heterocycles. The number of nitrogens with one attached hydrogen (secondary N) is 1. The molecule has 0 heterocycles. The summed E-state index contributed by atoms with van der Waals surface area (Å²) in [7, 11) is 4.02. The average Bonchev–Trinajstić information content (AvgIpc) is 3.50. The fraction of sp³-hybridized carbons (Fsp3) is 0.480. The predicted octanol–water partition coefficient (Wildman–Crippen LogP) is 4.53. The summed E-state index contributed by atoms with van der Waals surface area (Å²) in [6, 6.07) is 13.8. The summed E-state index contributed by atoms with van der Waals surface area (Å²) < 4.78 is 11.7. The van der Waals surface area contributed by atoms with Crippen molar-refractivity contribution < 1.29 is 14.3 Å². The van der Waals surface area contributed by atoms with Gasteiger partial charge < -0.3 is 19.7 Å². The molecule has 2 aromatic carbocycles. The lowest BCUT2D eigenvalue weighted by Gasteiger charge is -2.20. The third kappa shape index (κ3) is 5.76. The van der Waals surface area contributed by atoms with Crippen LogP contribution in [0.2, 0.25) is 0 Å². The van der Waals surface area contributed by atoms with E-state index in [0.29, 0.717) is 12.2 Å². The molecule has 5 nitrogen and oxygen atoms in total. The Kier molecular flexibility index (Phi) is 7.38. The molecule has 0 unspecified atom stereocenters. The predicted molar refractivity (Wildman–Crippen MR) is 120 cm³/mol. The molecule has 0 bridgehead atoms. The Bertz CT molecular complexity index is 859. The van der Waals surface area contributed by atoms with Gasteiger partial charge in [0.2, 0.25) is 0 Å². The number of amides is 1. The Morgan fingerprint density at radius 3 is 2.50 bits per heavy atom. The third-order valence-corrected chi connectivity index (χ3v) is 5.52. The second-order valence-corrected chi connectivity index (χ2v) is 8.39. The van der Waals surface area contributed by atoms with Crippen LogP contribution in [0, 0.1) is 6.92 Å². The molecule has 1 N–H and O–H groups in total. The monoisotopic (exact) mass is 410 g/mol. The summed E-state index contributed by atoms with van der Waals surface area (Å²) in [6.45, 7) is 6.25. The molecule has 0 aromatic heterocycles. The van der Waals surface area contributed by atoms with Crippen LogP contribution >= 0.6 is 0 Å². The van der Waals surface area contributed by atoms with Gasteiger partial charge in [0, 0.05) is 12.1 Å². The van der Waals surface area contributed by atoms with Gasteiger partial charge in [-0.05, 0) is 75.7 Å². The van der Waals surface area contributed by atoms with Crippen molar-refractivity contribution in [3.8, 4) is 11.5 Å². The van der Waals surface area contributed by atoms with Crippen LogP contribution in [0.1, 0.15) is 54.1 Å². The van der Waals surface area contributed by atoms with Crippen molar-refractivity contribution in [1.29, 1.82) is 0 Å². The molecular weight excluding hydrogens is 376 g/mol. The number of ether oxygens (including phenoxy) is 2. The maximum Gasteiger partial charge on any atom is 0.252 e. The zero-order chi connectivity index (χ0) is 21.6. The fourth-order valence-electron chi connectivity index (χ4n) is 3.40. The number of aryl methyl sites for hydroxylation is 1. The van der Waals surface area contributed by atoms with Gasteiger partial charge in [-0.3, -0.25) is 4.79 Å². The van der Waals surface area contributed by atoms with E-state index in [0.717, 1.165) is 61.5 Å². The SMILES string of the molecule is CCCCOc1cccc(C2(NC(=O)c3cc(OCCN(C)C)ccc3C)CC2)c1. The molecule has 2 aromatic rings. The number of nitrogens with zero attached hydrogens (tertiary/aromatic N) is 1. The van der Waals surface area contributed by atoms with E-state index in [2.05, 4.69) is 29.3 Å². The summed E-state index contributed by atoms with van der Waals surface area (Å²) in [6.07, 6.45) is 4.03. The first-order chi connectivity index (χ1) is 14.4. The Morgan fingerprint density at radius 2 is 1.80 bits per heavy atom. The van der Waals surface area contributed by atoms with Gasteiger partial charge in [0.25, 0.3) is 5.91 Å². The summed E-state index contributed by atoms with van der Waals surface area (Å²) in [5, 5.41) is 3.28. The van der Waals surface area contributed by atoms with Crippen LogP contribution < -0.4 is 14.8 Å². The standard InChI is InChI=1S/C25H34N2O3/c1-5-6-15-29-21-9-7-8-20(17-21)25(12-13-25)26-24(28)23-18-22(11-10-19(23)2)30-16-14-27(3)4/h7-11,17-18H,5-6,12-16H2,1-4H3,(H,26,28). The molecule has 162 valence electrons. The van der Waals surface area contributed by atoms with Gasteiger partial charge in [0.05, 0.1) is 12.1 Å². The topological polar surface area (TPSA) is 50.8 Å². The lowest BCUT2D eigenvalue weighted by Crippen LogP contribution is -2.35. The fourth-order valence-corrected chi connectivity index (χ4v) is 3.40. The van der Waals surface area contributed by atoms with Crippen molar-refractivity contribution in [2.45, 2.75) is 45.1 Å². The van der Waals surface area contributed by atoms with E-state index >= 15 is 0 Å². The van der Waals surface area contributed by atoms with Crippen molar-refractivity contribution in [3.05, 3.63) is 59.2 Å². The van der Waals surface area contributed by atoms with Crippen LogP contribution in [-0.4, -0.2) is 44.7 Å². The van der Waals surface area contributed by atoms with Crippen LogP contribution in [0.4, 0.5) is 0 Å². The highest BCUT2D eigenvalue weighted by molar-refractivity contribution is 5.96. The van der Waals surface area contributed by atoms with Crippen LogP contribution in [0.15, 0.2) is 42.5 Å². The molecule has 1 aliphatic carbocycles. The normalized spacial score (nSPS) is 14.4. The van der Waals surface area contributed by atoms with Gasteiger partial charge in [-0.2, -0.15) is 0 Å². The van der Waals surface area contributed by atoms with E-state index in [1.165, 1.54) is 0 Å². The summed E-state index contributed by atoms with van der Waals surface area (Å²) in [5.74, 6) is 1.54. The van der Waals surface area contributed by atoms with Crippen LogP contribution in [0.25, 0.3) is 0 Å². The first-order valence-electron chi connectivity index (χ1n) is 10.9. The Balaban J connectivity index is 1.69. The van der Waals surface area contributed by atoms with Gasteiger partial charge >= 0.3 is 0 Å². The molecule has 5 heteroatoms. The van der Waals surface area contributed by atoms with E-state index in [4.69, 9.17) is 9.47 Å². The number of hydrogen-bond acceptors (Lipinski definition) is 4. The molecule has 30 heavy (non-hydrogen) atoms. The minimum atomic E-state index is -0.296. The molecule has 1 fully saturated rings. The first-order valence-corrected chi connectivity index (χ1v) is 10.9. The first kappa shape index (κ1) is 22.2. The van der Waals surface area contributed by atoms with Gasteiger partial charge in [-0.25, -0.2) is 0 Å². The van der Waals surface area contributed by atoms with E-state index in [1.807, 2.05) is 51.4 Å². The molecule has 0 radical (unpaired) electrons. The second kappa shape index (κ2) is 9.98. The van der Waals surface area contributed by atoms with E-state index in [-0.39, 0.29) is 11.4 Å². The molecule has 1 aliphatic rings. The Hall–Kier alpha value is -2.53. The molecule has 0 saturated heterocycles. The number of benzene rings is 2. The highest BCUT2D eigenvalue weighted by Crippen LogP contribution is 2.46. The third-order valence-electron chi connectivity index (χ3n) is 5.52. The molecule has 1 saturated carbocycles. The minimum Gasteiger partial charge on any atom is -0.494 e. The minimum absolute atomic E-state index is 0.0552. The van der Waals surface area contributed by atoms with Crippen LogP contribution in [-0.2, 0) is 5.54 Å². The van der Waals surface area contributed by atoms with E-state index in [1.54, 1.807) is 0 Å². The summed E-state index contributed by atoms with van der Waals surface area (Å²) in [5.41, 5.74) is 2.43. The number of hydrogen-bond donors (Lipinski definition) is 1. The maximum atomic E-state index is 13.1. The zero-order valence-electron chi connectivity index (χ0n) is 18.7. The average molecular weight is 411 g/mol. The molecule has 0 atom stereocenters. The largest absolute Gasteiger partial charge is 0.494 e. The number of carbonyl (C=O) groups excluding carboxylic acids is 1. The highest BCUT2D eigenvalue weighted by Gasteiger charge is 2.46. The van der Waals surface area contributed by atoms with Crippen molar-refractivity contribution in [3.63, 3.8) is 0 Å². The lowest BCUT2D eigenvalue weighted by molar-refractivity contribution is 0.0929. The van der Waals surface area contributed by atoms with Crippen molar-refractivity contribution in [1.82, 2.24) is 10.2 Å². The smallest absolute Gasteiger partial charge is 0.252 e. The number of likely N-dealkylation sites (N-methyl/N-ethyl adjacent to an activating group) is 1. The van der Waals surface area contributed by atoms with Gasteiger partial charge in [0.1, 0.15) is 18.1 Å². The van der Waals surface area contributed by atoms with Crippen molar-refractivity contribution in [2.75, 3.05) is 33.9 Å². The quantitative estimate of drug-likeness (QED) is 0.553. The Labute approximate surface area is 180 Å². The molecular formula is C25H34N2O3. The Morgan fingerprint density at radius 1 is 1.07 bits per heavy atom. The van der Waals surface area contributed by atoms with Gasteiger partial charge in [-0.1, -0.05) is 31.5 Å². The van der Waals surface area contributed by atoms with Crippen molar-refractivity contribution in [2.24, 2.45) is 0 Å². The van der Waals surface area contributed by atoms with Crippen LogP contribution in [0.5, 0.6) is 11.5 Å². The van der Waals surface area contributed by atoms with Gasteiger partial charge in [0.15, 0.2) is 0 Å². The van der Waals surface area contributed by atoms with Crippen molar-refractivity contribution >= 4 is 5.91 Å². The molecule has 1 amide bonds. The van der Waals surface area contributed by atoms with Gasteiger partial charge in [-0.15, -0.1) is 0 Å². The maximum absolute atomic E-state index is 13.1. The summed E-state index contributed by atoms with van der Waals surface area (Å²) in [4.78, 5) is 15.2. The van der Waals surface area contributed by atoms with E-state index < -0.39 is 0 Å². The number of carbonyl (C=O) groups is 1. The lowest BCUT2D eigenvalue weighted by atomic mass is 10.0. The number of rotatable bonds is 11. The zero-order valence-corrected chi connectivity index (χ0v) is 18.7. The molecule has 3 rings (SSSR count). The second-order valence-electron chi connectivity index (χ2n) is 8.39. The highest BCUT2D eigenvalue weighted by atomic mass is 16.5. The van der Waals surface area contributed by atoms with Crippen LogP contribution in [0.3, 0.4) is 0 Å². The van der Waals surface area contributed by atoms with E-state index in [9.17, 15) is 4.79 Å².